The zero-order chi connectivity index (χ0) is 17.6. The molecule has 1 saturated carbocycles. The quantitative estimate of drug-likeness (QED) is 0.808. The summed E-state index contributed by atoms with van der Waals surface area (Å²) in [6.07, 6.45) is 9.17. The van der Waals surface area contributed by atoms with Gasteiger partial charge in [-0.05, 0) is 31.4 Å². The van der Waals surface area contributed by atoms with Crippen molar-refractivity contribution in [3.63, 3.8) is 0 Å². The molecule has 2 aromatic rings. The first-order chi connectivity index (χ1) is 12.1. The van der Waals surface area contributed by atoms with Gasteiger partial charge in [0.1, 0.15) is 5.15 Å². The first kappa shape index (κ1) is 17.7. The van der Waals surface area contributed by atoms with E-state index in [2.05, 4.69) is 10.4 Å². The molecule has 0 saturated heterocycles. The summed E-state index contributed by atoms with van der Waals surface area (Å²) in [6, 6.07) is 10.4. The number of nitrogens with zero attached hydrogens (tertiary/aromatic N) is 2. The van der Waals surface area contributed by atoms with Gasteiger partial charge in [-0.1, -0.05) is 61.2 Å². The van der Waals surface area contributed by atoms with Crippen molar-refractivity contribution in [2.75, 3.05) is 0 Å². The predicted molar refractivity (Wildman–Crippen MR) is 102 cm³/mol. The molecule has 1 N–H and O–H groups in total. The molecule has 132 valence electrons. The van der Waals surface area contributed by atoms with Gasteiger partial charge in [0.15, 0.2) is 0 Å². The van der Waals surface area contributed by atoms with Gasteiger partial charge in [-0.15, -0.1) is 0 Å². The number of halogens is 1. The van der Waals surface area contributed by atoms with Crippen molar-refractivity contribution in [1.29, 1.82) is 0 Å². The average Bonchev–Trinajstić information content (AvgIpc) is 2.88. The minimum atomic E-state index is -0.0572. The highest BCUT2D eigenvalue weighted by molar-refractivity contribution is 6.31. The Morgan fingerprint density at radius 3 is 2.72 bits per heavy atom. The van der Waals surface area contributed by atoms with E-state index in [1.165, 1.54) is 19.3 Å². The first-order valence-corrected chi connectivity index (χ1v) is 9.26. The van der Waals surface area contributed by atoms with Gasteiger partial charge in [-0.25, -0.2) is 4.68 Å². The lowest BCUT2D eigenvalue weighted by molar-refractivity contribution is -0.117. The van der Waals surface area contributed by atoms with E-state index in [4.69, 9.17) is 11.6 Å². The van der Waals surface area contributed by atoms with Gasteiger partial charge in [0.05, 0.1) is 12.2 Å². The maximum Gasteiger partial charge on any atom is 0.244 e. The molecule has 25 heavy (non-hydrogen) atoms. The summed E-state index contributed by atoms with van der Waals surface area (Å²) >= 11 is 6.47. The van der Waals surface area contributed by atoms with Crippen molar-refractivity contribution >= 4 is 23.6 Å². The number of aryl methyl sites for hydroxylation is 1. The van der Waals surface area contributed by atoms with Crippen LogP contribution in [0, 0.1) is 6.92 Å². The second kappa shape index (κ2) is 8.34. The van der Waals surface area contributed by atoms with Crippen LogP contribution >= 0.6 is 11.6 Å². The Kier molecular flexibility index (Phi) is 5.92. The van der Waals surface area contributed by atoms with E-state index in [9.17, 15) is 4.79 Å². The van der Waals surface area contributed by atoms with E-state index >= 15 is 0 Å². The van der Waals surface area contributed by atoms with Crippen molar-refractivity contribution in [3.8, 4) is 0 Å². The number of nitrogens with one attached hydrogen (secondary N) is 1. The normalized spacial score (nSPS) is 15.6. The molecule has 5 heteroatoms. The van der Waals surface area contributed by atoms with Crippen LogP contribution in [0.4, 0.5) is 0 Å². The number of carbonyl (C=O) groups excluding carboxylic acids is 1. The fraction of sp³-hybridized carbons (Fsp3) is 0.400. The Labute approximate surface area is 153 Å². The number of benzene rings is 1. The third-order valence-corrected chi connectivity index (χ3v) is 5.04. The average molecular weight is 358 g/mol. The summed E-state index contributed by atoms with van der Waals surface area (Å²) < 4.78 is 1.77. The molecule has 1 aromatic carbocycles. The summed E-state index contributed by atoms with van der Waals surface area (Å²) in [5, 5.41) is 8.14. The van der Waals surface area contributed by atoms with Gasteiger partial charge in [-0.3, -0.25) is 4.79 Å². The lowest BCUT2D eigenvalue weighted by Gasteiger charge is -2.21. The minimum Gasteiger partial charge on any atom is -0.350 e. The van der Waals surface area contributed by atoms with Crippen molar-refractivity contribution < 1.29 is 4.79 Å². The Balaban J connectivity index is 1.66. The largest absolute Gasteiger partial charge is 0.350 e. The zero-order valence-electron chi connectivity index (χ0n) is 14.5. The number of amides is 1. The van der Waals surface area contributed by atoms with E-state index < -0.39 is 0 Å². The molecule has 1 aromatic heterocycles. The fourth-order valence-electron chi connectivity index (χ4n) is 3.27. The highest BCUT2D eigenvalue weighted by atomic mass is 35.5. The van der Waals surface area contributed by atoms with Crippen LogP contribution in [0.2, 0.25) is 5.15 Å². The molecule has 0 aliphatic heterocycles. The van der Waals surface area contributed by atoms with Crippen molar-refractivity contribution in [3.05, 3.63) is 58.4 Å². The Morgan fingerprint density at radius 2 is 2.00 bits per heavy atom. The molecule has 1 heterocycles. The molecule has 1 aliphatic carbocycles. The van der Waals surface area contributed by atoms with Crippen LogP contribution in [0.3, 0.4) is 0 Å². The summed E-state index contributed by atoms with van der Waals surface area (Å²) in [6.45, 7) is 2.52. The SMILES string of the molecule is Cc1nn(Cc2ccccc2)c(Cl)c1/C=C/C(=O)NC1CCCCC1. The molecule has 1 amide bonds. The maximum atomic E-state index is 12.1. The van der Waals surface area contributed by atoms with Crippen LogP contribution in [0.1, 0.15) is 48.9 Å². The van der Waals surface area contributed by atoms with Crippen LogP contribution < -0.4 is 5.32 Å². The number of hydrogen-bond donors (Lipinski definition) is 1. The van der Waals surface area contributed by atoms with Gasteiger partial charge >= 0.3 is 0 Å². The van der Waals surface area contributed by atoms with E-state index in [0.717, 1.165) is 29.7 Å². The van der Waals surface area contributed by atoms with Crippen LogP contribution in [0.15, 0.2) is 36.4 Å². The van der Waals surface area contributed by atoms with Crippen molar-refractivity contribution in [2.24, 2.45) is 0 Å². The number of carbonyl (C=O) groups is 1. The van der Waals surface area contributed by atoms with Crippen molar-refractivity contribution in [1.82, 2.24) is 15.1 Å². The molecule has 1 fully saturated rings. The van der Waals surface area contributed by atoms with Crippen molar-refractivity contribution in [2.45, 2.75) is 51.6 Å². The van der Waals surface area contributed by atoms with Gasteiger partial charge in [0.25, 0.3) is 0 Å². The molecular formula is C20H24ClN3O. The van der Waals surface area contributed by atoms with E-state index in [1.807, 2.05) is 37.3 Å². The first-order valence-electron chi connectivity index (χ1n) is 8.89. The van der Waals surface area contributed by atoms with Gasteiger partial charge < -0.3 is 5.32 Å². The molecule has 4 nitrogen and oxygen atoms in total. The Bertz CT molecular complexity index is 746. The summed E-state index contributed by atoms with van der Waals surface area (Å²) in [5.74, 6) is -0.0572. The monoisotopic (exact) mass is 357 g/mol. The van der Waals surface area contributed by atoms with E-state index in [0.29, 0.717) is 17.7 Å². The molecule has 3 rings (SSSR count). The molecule has 0 unspecified atom stereocenters. The van der Waals surface area contributed by atoms with Crippen LogP contribution in [0.5, 0.6) is 0 Å². The molecule has 0 atom stereocenters. The zero-order valence-corrected chi connectivity index (χ0v) is 15.3. The summed E-state index contributed by atoms with van der Waals surface area (Å²) in [4.78, 5) is 12.1. The Hall–Kier alpha value is -2.07. The highest BCUT2D eigenvalue weighted by Crippen LogP contribution is 2.22. The third kappa shape index (κ3) is 4.73. The van der Waals surface area contributed by atoms with Crippen LogP contribution in [-0.2, 0) is 11.3 Å². The molecule has 0 radical (unpaired) electrons. The smallest absolute Gasteiger partial charge is 0.244 e. The maximum absolute atomic E-state index is 12.1. The second-order valence-electron chi connectivity index (χ2n) is 6.61. The summed E-state index contributed by atoms with van der Waals surface area (Å²) in [7, 11) is 0. The topological polar surface area (TPSA) is 46.9 Å². The van der Waals surface area contributed by atoms with Crippen LogP contribution in [0.25, 0.3) is 6.08 Å². The van der Waals surface area contributed by atoms with E-state index in [1.54, 1.807) is 16.8 Å². The summed E-state index contributed by atoms with van der Waals surface area (Å²) in [5.41, 5.74) is 2.76. The number of rotatable bonds is 5. The second-order valence-corrected chi connectivity index (χ2v) is 6.97. The lowest BCUT2D eigenvalue weighted by atomic mass is 9.95. The molecule has 0 bridgehead atoms. The Morgan fingerprint density at radius 1 is 1.28 bits per heavy atom. The van der Waals surface area contributed by atoms with Crippen LogP contribution in [-0.4, -0.2) is 21.7 Å². The van der Waals surface area contributed by atoms with Gasteiger partial charge in [0.2, 0.25) is 5.91 Å². The lowest BCUT2D eigenvalue weighted by Crippen LogP contribution is -2.34. The van der Waals surface area contributed by atoms with Gasteiger partial charge in [-0.2, -0.15) is 5.10 Å². The van der Waals surface area contributed by atoms with Gasteiger partial charge in [0, 0.05) is 17.7 Å². The molecule has 1 aliphatic rings. The minimum absolute atomic E-state index is 0.0572. The molecule has 0 spiro atoms. The fourth-order valence-corrected chi connectivity index (χ4v) is 3.57. The standard InChI is InChI=1S/C20H24ClN3O/c1-15-18(12-13-19(25)22-17-10-6-3-7-11-17)20(21)24(23-15)14-16-8-4-2-5-9-16/h2,4-5,8-9,12-13,17H,3,6-7,10-11,14H2,1H3,(H,22,25)/b13-12+. The predicted octanol–water partition coefficient (Wildman–Crippen LogP) is 4.36. The third-order valence-electron chi connectivity index (χ3n) is 4.64. The molecular weight excluding hydrogens is 334 g/mol. The van der Waals surface area contributed by atoms with E-state index in [-0.39, 0.29) is 5.91 Å². The number of hydrogen-bond acceptors (Lipinski definition) is 2. The number of aromatic nitrogens is 2. The highest BCUT2D eigenvalue weighted by Gasteiger charge is 2.15.